The van der Waals surface area contributed by atoms with E-state index in [0.717, 1.165) is 17.2 Å². The topological polar surface area (TPSA) is 29.3 Å². The zero-order chi connectivity index (χ0) is 15.0. The summed E-state index contributed by atoms with van der Waals surface area (Å²) in [5, 5.41) is 0. The first-order valence-electron chi connectivity index (χ1n) is 6.69. The first kappa shape index (κ1) is 13.9. The molecule has 1 heterocycles. The van der Waals surface area contributed by atoms with Crippen LogP contribution in [0.2, 0.25) is 0 Å². The van der Waals surface area contributed by atoms with Crippen molar-refractivity contribution in [3.8, 4) is 0 Å². The molecule has 2 nitrogen and oxygen atoms in total. The molecule has 1 aliphatic rings. The Morgan fingerprint density at radius 2 is 1.76 bits per heavy atom. The third-order valence-electron chi connectivity index (χ3n) is 3.80. The second-order valence-corrected chi connectivity index (χ2v) is 5.28. The van der Waals surface area contributed by atoms with Gasteiger partial charge in [-0.1, -0.05) is 30.3 Å². The maximum atomic E-state index is 13.0. The van der Waals surface area contributed by atoms with Crippen molar-refractivity contribution in [1.29, 1.82) is 0 Å². The lowest BCUT2D eigenvalue weighted by Crippen LogP contribution is -2.19. The predicted molar refractivity (Wildman–Crippen MR) is 75.2 cm³/mol. The lowest BCUT2D eigenvalue weighted by molar-refractivity contribution is -0.138. The van der Waals surface area contributed by atoms with Crippen molar-refractivity contribution in [3.05, 3.63) is 64.7 Å². The van der Waals surface area contributed by atoms with Crippen molar-refractivity contribution in [2.75, 3.05) is 5.73 Å². The summed E-state index contributed by atoms with van der Waals surface area (Å²) < 4.78 is 39.0. The standard InChI is InChI=1S/C16H15F3N2/c17-16(18,19)14-6-2-1-4-12(14)9-21-8-11-5-3-7-15(20)13(11)10-21/h1-7H,8-10,20H2. The summed E-state index contributed by atoms with van der Waals surface area (Å²) in [6.07, 6.45) is -4.32. The maximum absolute atomic E-state index is 13.0. The fourth-order valence-electron chi connectivity index (χ4n) is 2.80. The summed E-state index contributed by atoms with van der Waals surface area (Å²) in [6.45, 7) is 1.49. The number of nitrogens with zero attached hydrogens (tertiary/aromatic N) is 1. The highest BCUT2D eigenvalue weighted by Crippen LogP contribution is 2.34. The van der Waals surface area contributed by atoms with E-state index in [2.05, 4.69) is 0 Å². The Bertz CT molecular complexity index is 665. The minimum Gasteiger partial charge on any atom is -0.398 e. The van der Waals surface area contributed by atoms with Gasteiger partial charge in [0.05, 0.1) is 5.56 Å². The quantitative estimate of drug-likeness (QED) is 0.853. The van der Waals surface area contributed by atoms with E-state index in [4.69, 9.17) is 5.73 Å². The third kappa shape index (κ3) is 2.74. The second kappa shape index (κ2) is 5.07. The Morgan fingerprint density at radius 1 is 1.00 bits per heavy atom. The van der Waals surface area contributed by atoms with E-state index in [1.54, 1.807) is 6.07 Å². The number of rotatable bonds is 2. The van der Waals surface area contributed by atoms with Gasteiger partial charge in [0, 0.05) is 25.3 Å². The molecule has 0 bridgehead atoms. The van der Waals surface area contributed by atoms with Crippen LogP contribution in [0.15, 0.2) is 42.5 Å². The van der Waals surface area contributed by atoms with E-state index >= 15 is 0 Å². The van der Waals surface area contributed by atoms with Crippen molar-refractivity contribution >= 4 is 5.69 Å². The molecule has 5 heteroatoms. The van der Waals surface area contributed by atoms with Gasteiger partial charge in [-0.2, -0.15) is 13.2 Å². The molecule has 110 valence electrons. The normalized spacial score (nSPS) is 15.2. The van der Waals surface area contributed by atoms with Gasteiger partial charge < -0.3 is 5.73 Å². The summed E-state index contributed by atoms with van der Waals surface area (Å²) >= 11 is 0. The lowest BCUT2D eigenvalue weighted by atomic mass is 10.1. The summed E-state index contributed by atoms with van der Waals surface area (Å²) in [7, 11) is 0. The van der Waals surface area contributed by atoms with Gasteiger partial charge in [-0.15, -0.1) is 0 Å². The maximum Gasteiger partial charge on any atom is 0.416 e. The second-order valence-electron chi connectivity index (χ2n) is 5.28. The molecule has 21 heavy (non-hydrogen) atoms. The van der Waals surface area contributed by atoms with E-state index in [1.807, 2.05) is 23.1 Å². The lowest BCUT2D eigenvalue weighted by Gasteiger charge is -2.18. The van der Waals surface area contributed by atoms with Crippen LogP contribution in [-0.4, -0.2) is 4.90 Å². The molecule has 0 amide bonds. The number of benzene rings is 2. The molecular formula is C16H15F3N2. The van der Waals surface area contributed by atoms with E-state index < -0.39 is 11.7 Å². The van der Waals surface area contributed by atoms with Crippen LogP contribution < -0.4 is 5.73 Å². The molecule has 0 radical (unpaired) electrons. The molecule has 2 aromatic rings. The number of halogens is 3. The van der Waals surface area contributed by atoms with Crippen LogP contribution in [0.3, 0.4) is 0 Å². The van der Waals surface area contributed by atoms with Crippen LogP contribution in [0.1, 0.15) is 22.3 Å². The van der Waals surface area contributed by atoms with Crippen molar-refractivity contribution in [2.24, 2.45) is 0 Å². The van der Waals surface area contributed by atoms with Crippen LogP contribution in [-0.2, 0) is 25.8 Å². The van der Waals surface area contributed by atoms with Crippen LogP contribution >= 0.6 is 0 Å². The summed E-state index contributed by atoms with van der Waals surface area (Å²) in [4.78, 5) is 1.98. The Kier molecular flexibility index (Phi) is 3.37. The number of fused-ring (bicyclic) bond motifs is 1. The average molecular weight is 292 g/mol. The van der Waals surface area contributed by atoms with Crippen molar-refractivity contribution in [2.45, 2.75) is 25.8 Å². The highest BCUT2D eigenvalue weighted by atomic mass is 19.4. The Labute approximate surface area is 121 Å². The van der Waals surface area contributed by atoms with Gasteiger partial charge in [0.25, 0.3) is 0 Å². The summed E-state index contributed by atoms with van der Waals surface area (Å²) in [6, 6.07) is 11.4. The van der Waals surface area contributed by atoms with Crippen molar-refractivity contribution in [3.63, 3.8) is 0 Å². The molecule has 1 aliphatic heterocycles. The molecule has 0 atom stereocenters. The largest absolute Gasteiger partial charge is 0.416 e. The molecule has 3 rings (SSSR count). The first-order chi connectivity index (χ1) is 9.95. The molecule has 0 aromatic heterocycles. The zero-order valence-electron chi connectivity index (χ0n) is 11.3. The van der Waals surface area contributed by atoms with Gasteiger partial charge in [0.1, 0.15) is 0 Å². The first-order valence-corrected chi connectivity index (χ1v) is 6.69. The number of nitrogens with two attached hydrogens (primary N) is 1. The minimum absolute atomic E-state index is 0.268. The van der Waals surface area contributed by atoms with E-state index in [1.165, 1.54) is 12.1 Å². The molecule has 0 fully saturated rings. The highest BCUT2D eigenvalue weighted by Gasteiger charge is 2.33. The van der Waals surface area contributed by atoms with Crippen molar-refractivity contribution in [1.82, 2.24) is 4.90 Å². The smallest absolute Gasteiger partial charge is 0.398 e. The van der Waals surface area contributed by atoms with Gasteiger partial charge in [0.15, 0.2) is 0 Å². The van der Waals surface area contributed by atoms with Crippen LogP contribution in [0.4, 0.5) is 18.9 Å². The average Bonchev–Trinajstić information content (AvgIpc) is 2.82. The number of nitrogen functional groups attached to an aromatic ring is 1. The molecule has 0 saturated heterocycles. The molecular weight excluding hydrogens is 277 g/mol. The fourth-order valence-corrected chi connectivity index (χ4v) is 2.80. The third-order valence-corrected chi connectivity index (χ3v) is 3.80. The minimum atomic E-state index is -4.32. The van der Waals surface area contributed by atoms with Gasteiger partial charge in [-0.05, 0) is 28.8 Å². The van der Waals surface area contributed by atoms with Crippen LogP contribution in [0.5, 0.6) is 0 Å². The summed E-state index contributed by atoms with van der Waals surface area (Å²) in [5.74, 6) is 0. The number of alkyl halides is 3. The van der Waals surface area contributed by atoms with E-state index in [9.17, 15) is 13.2 Å². The Hall–Kier alpha value is -2.01. The van der Waals surface area contributed by atoms with Crippen LogP contribution in [0.25, 0.3) is 0 Å². The Balaban J connectivity index is 1.83. The highest BCUT2D eigenvalue weighted by molar-refractivity contribution is 5.52. The number of hydrogen-bond acceptors (Lipinski definition) is 2. The fraction of sp³-hybridized carbons (Fsp3) is 0.250. The van der Waals surface area contributed by atoms with Gasteiger partial charge in [0.2, 0.25) is 0 Å². The molecule has 0 spiro atoms. The zero-order valence-corrected chi connectivity index (χ0v) is 11.3. The number of anilines is 1. The van der Waals surface area contributed by atoms with Crippen molar-refractivity contribution < 1.29 is 13.2 Å². The molecule has 0 saturated carbocycles. The molecule has 0 unspecified atom stereocenters. The van der Waals surface area contributed by atoms with Crippen LogP contribution in [0, 0.1) is 0 Å². The van der Waals surface area contributed by atoms with Gasteiger partial charge in [-0.25, -0.2) is 0 Å². The van der Waals surface area contributed by atoms with E-state index in [-0.39, 0.29) is 6.54 Å². The Morgan fingerprint density at radius 3 is 2.48 bits per heavy atom. The van der Waals surface area contributed by atoms with E-state index in [0.29, 0.717) is 24.3 Å². The van der Waals surface area contributed by atoms with Gasteiger partial charge >= 0.3 is 6.18 Å². The van der Waals surface area contributed by atoms with Gasteiger partial charge in [-0.3, -0.25) is 4.90 Å². The SMILES string of the molecule is Nc1cccc2c1CN(Cc1ccccc1C(F)(F)F)C2. The monoisotopic (exact) mass is 292 g/mol. The number of hydrogen-bond donors (Lipinski definition) is 1. The molecule has 0 aliphatic carbocycles. The summed E-state index contributed by atoms with van der Waals surface area (Å²) in [5.41, 5.74) is 8.49. The predicted octanol–water partition coefficient (Wildman–Crippen LogP) is 3.80. The molecule has 2 N–H and O–H groups in total. The molecule has 2 aromatic carbocycles.